The molecule has 20 heavy (non-hydrogen) atoms. The van der Waals surface area contributed by atoms with Crippen molar-refractivity contribution in [1.29, 1.82) is 0 Å². The van der Waals surface area contributed by atoms with Crippen LogP contribution in [0.2, 0.25) is 0 Å². The first-order chi connectivity index (χ1) is 9.61. The van der Waals surface area contributed by atoms with Gasteiger partial charge in [0.15, 0.2) is 0 Å². The number of unbranched alkanes of at least 4 members (excludes halogenated alkanes) is 1. The lowest BCUT2D eigenvalue weighted by atomic mass is 10.0. The molecule has 0 unspecified atom stereocenters. The third-order valence-electron chi connectivity index (χ3n) is 4.23. The lowest BCUT2D eigenvalue weighted by molar-refractivity contribution is -0.117. The van der Waals surface area contributed by atoms with Crippen LogP contribution in [-0.2, 0) is 17.6 Å². The molecule has 0 aliphatic carbocycles. The Balaban J connectivity index is 1.88. The number of carbonyl (C=O) groups is 2. The highest BCUT2D eigenvalue weighted by Crippen LogP contribution is 2.38. The fourth-order valence-corrected chi connectivity index (χ4v) is 3.12. The minimum atomic E-state index is 0.0651. The van der Waals surface area contributed by atoms with Crippen molar-refractivity contribution in [3.63, 3.8) is 0 Å². The Morgan fingerprint density at radius 2 is 2.10 bits per heavy atom. The molecule has 0 spiro atoms. The van der Waals surface area contributed by atoms with Crippen molar-refractivity contribution in [2.75, 3.05) is 25.0 Å². The Morgan fingerprint density at radius 1 is 1.35 bits per heavy atom. The van der Waals surface area contributed by atoms with Gasteiger partial charge in [-0.15, -0.1) is 0 Å². The molecule has 0 radical (unpaired) electrons. The Bertz CT molecular complexity index is 580. The predicted octanol–water partition coefficient (Wildman–Crippen LogP) is 2.00. The van der Waals surface area contributed by atoms with Crippen LogP contribution in [0.5, 0.6) is 0 Å². The SMILES string of the molecule is CCCCN(C)C(=O)c1cc2c3c(c1)CC(=O)N3CC2. The molecule has 0 bridgehead atoms. The zero-order valence-corrected chi connectivity index (χ0v) is 12.1. The van der Waals surface area contributed by atoms with Gasteiger partial charge in [-0.2, -0.15) is 0 Å². The van der Waals surface area contributed by atoms with Gasteiger partial charge >= 0.3 is 0 Å². The van der Waals surface area contributed by atoms with E-state index in [1.807, 2.05) is 24.1 Å². The molecule has 0 aromatic heterocycles. The van der Waals surface area contributed by atoms with Crippen LogP contribution in [0.4, 0.5) is 5.69 Å². The van der Waals surface area contributed by atoms with Gasteiger partial charge in [-0.05, 0) is 36.1 Å². The fourth-order valence-electron chi connectivity index (χ4n) is 3.12. The van der Waals surface area contributed by atoms with Crippen LogP contribution in [0.3, 0.4) is 0 Å². The average Bonchev–Trinajstić information content (AvgIpc) is 3.00. The molecule has 2 amide bonds. The lowest BCUT2D eigenvalue weighted by Crippen LogP contribution is -2.27. The van der Waals surface area contributed by atoms with Gasteiger partial charge in [-0.1, -0.05) is 13.3 Å². The molecule has 0 saturated carbocycles. The summed E-state index contributed by atoms with van der Waals surface area (Å²) in [5.41, 5.74) is 3.98. The van der Waals surface area contributed by atoms with Gasteiger partial charge in [-0.3, -0.25) is 9.59 Å². The first-order valence-corrected chi connectivity index (χ1v) is 7.33. The van der Waals surface area contributed by atoms with Crippen LogP contribution in [0.1, 0.15) is 41.3 Å². The molecular formula is C16H20N2O2. The van der Waals surface area contributed by atoms with Crippen molar-refractivity contribution in [1.82, 2.24) is 4.90 Å². The normalized spacial score (nSPS) is 15.7. The summed E-state index contributed by atoms with van der Waals surface area (Å²) in [6, 6.07) is 3.88. The third kappa shape index (κ3) is 1.99. The quantitative estimate of drug-likeness (QED) is 0.841. The summed E-state index contributed by atoms with van der Waals surface area (Å²) in [4.78, 5) is 28.0. The van der Waals surface area contributed by atoms with Gasteiger partial charge < -0.3 is 9.80 Å². The molecule has 1 aromatic rings. The highest BCUT2D eigenvalue weighted by molar-refractivity contribution is 6.05. The summed E-state index contributed by atoms with van der Waals surface area (Å²) in [7, 11) is 1.85. The number of hydrogen-bond donors (Lipinski definition) is 0. The summed E-state index contributed by atoms with van der Waals surface area (Å²) in [5.74, 6) is 0.234. The predicted molar refractivity (Wildman–Crippen MR) is 78.1 cm³/mol. The number of amides is 2. The Hall–Kier alpha value is -1.84. The summed E-state index contributed by atoms with van der Waals surface area (Å²) < 4.78 is 0. The minimum Gasteiger partial charge on any atom is -0.342 e. The summed E-state index contributed by atoms with van der Waals surface area (Å²) in [6.07, 6.45) is 3.42. The summed E-state index contributed by atoms with van der Waals surface area (Å²) in [5, 5.41) is 0. The van der Waals surface area contributed by atoms with Crippen molar-refractivity contribution in [3.05, 3.63) is 28.8 Å². The van der Waals surface area contributed by atoms with Crippen molar-refractivity contribution in [3.8, 4) is 0 Å². The molecule has 4 heteroatoms. The van der Waals surface area contributed by atoms with Gasteiger partial charge in [0, 0.05) is 25.7 Å². The smallest absolute Gasteiger partial charge is 0.253 e. The zero-order valence-electron chi connectivity index (χ0n) is 12.1. The molecular weight excluding hydrogens is 252 g/mol. The Morgan fingerprint density at radius 3 is 2.85 bits per heavy atom. The van der Waals surface area contributed by atoms with E-state index in [1.165, 1.54) is 0 Å². The van der Waals surface area contributed by atoms with Gasteiger partial charge in [0.1, 0.15) is 0 Å². The van der Waals surface area contributed by atoms with E-state index in [1.54, 1.807) is 4.90 Å². The first kappa shape index (κ1) is 13.2. The van der Waals surface area contributed by atoms with Crippen molar-refractivity contribution < 1.29 is 9.59 Å². The van der Waals surface area contributed by atoms with E-state index in [2.05, 4.69) is 6.92 Å². The van der Waals surface area contributed by atoms with Gasteiger partial charge in [0.25, 0.3) is 5.91 Å². The topological polar surface area (TPSA) is 40.6 Å². The second kappa shape index (κ2) is 4.93. The van der Waals surface area contributed by atoms with Crippen LogP contribution in [0, 0.1) is 0 Å². The molecule has 0 atom stereocenters. The lowest BCUT2D eigenvalue weighted by Gasteiger charge is -2.17. The second-order valence-corrected chi connectivity index (χ2v) is 5.70. The van der Waals surface area contributed by atoms with Crippen LogP contribution >= 0.6 is 0 Å². The van der Waals surface area contributed by atoms with E-state index in [0.29, 0.717) is 6.42 Å². The molecule has 3 rings (SSSR count). The molecule has 1 aromatic carbocycles. The second-order valence-electron chi connectivity index (χ2n) is 5.70. The average molecular weight is 272 g/mol. The molecule has 2 aliphatic rings. The van der Waals surface area contributed by atoms with E-state index < -0.39 is 0 Å². The van der Waals surface area contributed by atoms with Crippen molar-refractivity contribution in [2.24, 2.45) is 0 Å². The van der Waals surface area contributed by atoms with Crippen molar-refractivity contribution >= 4 is 17.5 Å². The van der Waals surface area contributed by atoms with Crippen LogP contribution < -0.4 is 4.90 Å². The number of benzene rings is 1. The maximum atomic E-state index is 12.4. The molecule has 0 fully saturated rings. The third-order valence-corrected chi connectivity index (χ3v) is 4.23. The highest BCUT2D eigenvalue weighted by atomic mass is 16.2. The minimum absolute atomic E-state index is 0.0651. The van der Waals surface area contributed by atoms with E-state index in [4.69, 9.17) is 0 Å². The number of anilines is 1. The standard InChI is InChI=1S/C16H20N2O2/c1-3-4-6-17(2)16(20)13-8-11-5-7-18-14(19)10-12(9-13)15(11)18/h8-9H,3-7,10H2,1-2H3. The number of nitrogens with zero attached hydrogens (tertiary/aromatic N) is 2. The maximum absolute atomic E-state index is 12.4. The van der Waals surface area contributed by atoms with Crippen LogP contribution in [-0.4, -0.2) is 36.9 Å². The van der Waals surface area contributed by atoms with Crippen LogP contribution in [0.15, 0.2) is 12.1 Å². The number of carbonyl (C=O) groups excluding carboxylic acids is 2. The monoisotopic (exact) mass is 272 g/mol. The molecule has 0 saturated heterocycles. The molecule has 2 aliphatic heterocycles. The molecule has 4 nitrogen and oxygen atoms in total. The molecule has 2 heterocycles. The largest absolute Gasteiger partial charge is 0.342 e. The number of hydrogen-bond acceptors (Lipinski definition) is 2. The van der Waals surface area contributed by atoms with Gasteiger partial charge in [-0.25, -0.2) is 0 Å². The number of rotatable bonds is 4. The van der Waals surface area contributed by atoms with E-state index >= 15 is 0 Å². The van der Waals surface area contributed by atoms with Crippen molar-refractivity contribution in [2.45, 2.75) is 32.6 Å². The van der Waals surface area contributed by atoms with E-state index in [0.717, 1.165) is 54.7 Å². The zero-order chi connectivity index (χ0) is 14.3. The van der Waals surface area contributed by atoms with Gasteiger partial charge in [0.2, 0.25) is 5.91 Å². The van der Waals surface area contributed by atoms with E-state index in [9.17, 15) is 9.59 Å². The maximum Gasteiger partial charge on any atom is 0.253 e. The first-order valence-electron chi connectivity index (χ1n) is 7.33. The van der Waals surface area contributed by atoms with Gasteiger partial charge in [0.05, 0.1) is 12.1 Å². The molecule has 106 valence electrons. The summed E-state index contributed by atoms with van der Waals surface area (Å²) in [6.45, 7) is 3.67. The van der Waals surface area contributed by atoms with E-state index in [-0.39, 0.29) is 11.8 Å². The Kier molecular flexibility index (Phi) is 3.24. The van der Waals surface area contributed by atoms with Crippen LogP contribution in [0.25, 0.3) is 0 Å². The Labute approximate surface area is 119 Å². The molecule has 0 N–H and O–H groups in total. The summed E-state index contributed by atoms with van der Waals surface area (Å²) >= 11 is 0. The highest BCUT2D eigenvalue weighted by Gasteiger charge is 2.34. The fraction of sp³-hybridized carbons (Fsp3) is 0.500.